The van der Waals surface area contributed by atoms with Gasteiger partial charge in [-0.25, -0.2) is 0 Å². The first-order valence-corrected chi connectivity index (χ1v) is 20.9. The van der Waals surface area contributed by atoms with E-state index in [4.69, 9.17) is 18.9 Å². The van der Waals surface area contributed by atoms with Crippen molar-refractivity contribution in [1.29, 1.82) is 0 Å². The van der Waals surface area contributed by atoms with Crippen molar-refractivity contribution >= 4 is 5.97 Å². The SMILES string of the molecule is CC1OC(OC2C(OC(=O)C34CCC(C)(C)CC3C3=CCC5C6(C)CC(O)C(O)C(C)(CO)C6CCC5(C)C3(C)CC4)OC(CO)C(O)C2O)C(O)C(O)C1O. The highest BCUT2D eigenvalue weighted by molar-refractivity contribution is 5.79. The number of allylic oxidation sites excluding steroid dienone is 2. The second-order valence-corrected chi connectivity index (χ2v) is 20.6. The fourth-order valence-electron chi connectivity index (χ4n) is 13.6. The molecule has 7 aliphatic rings. The van der Waals surface area contributed by atoms with Gasteiger partial charge in [-0.05, 0) is 104 Å². The number of rotatable bonds is 6. The number of carbonyl (C=O) groups is 1. The fourth-order valence-corrected chi connectivity index (χ4v) is 13.6. The summed E-state index contributed by atoms with van der Waals surface area (Å²) in [4.78, 5) is 15.0. The van der Waals surface area contributed by atoms with E-state index in [1.54, 1.807) is 0 Å². The summed E-state index contributed by atoms with van der Waals surface area (Å²) in [6.07, 6.45) is -8.81. The Kier molecular flexibility index (Phi) is 11.0. The molecule has 0 aromatic heterocycles. The van der Waals surface area contributed by atoms with Crippen molar-refractivity contribution in [2.24, 2.45) is 50.2 Å². The van der Waals surface area contributed by atoms with E-state index in [1.807, 2.05) is 6.92 Å². The summed E-state index contributed by atoms with van der Waals surface area (Å²) < 4.78 is 23.7. The Morgan fingerprint density at radius 2 is 1.46 bits per heavy atom. The van der Waals surface area contributed by atoms with Gasteiger partial charge >= 0.3 is 5.97 Å². The van der Waals surface area contributed by atoms with Gasteiger partial charge in [0.1, 0.15) is 36.6 Å². The molecule has 14 heteroatoms. The number of carbonyl (C=O) groups excluding carboxylic acids is 1. The van der Waals surface area contributed by atoms with Crippen LogP contribution in [0.2, 0.25) is 0 Å². The van der Waals surface area contributed by atoms with E-state index in [-0.39, 0.29) is 46.0 Å². The molecule has 0 aromatic rings. The van der Waals surface area contributed by atoms with E-state index in [9.17, 15) is 50.8 Å². The molecule has 0 aromatic carbocycles. The first kappa shape index (κ1) is 42.8. The molecular formula is C42H68O14. The summed E-state index contributed by atoms with van der Waals surface area (Å²) in [5.41, 5.74) is -1.53. The Morgan fingerprint density at radius 3 is 2.12 bits per heavy atom. The van der Waals surface area contributed by atoms with Crippen LogP contribution >= 0.6 is 0 Å². The number of hydrogen-bond acceptors (Lipinski definition) is 14. The monoisotopic (exact) mass is 796 g/mol. The zero-order chi connectivity index (χ0) is 41.1. The van der Waals surface area contributed by atoms with Crippen LogP contribution in [0.4, 0.5) is 0 Å². The maximum absolute atomic E-state index is 15.0. The Bertz CT molecular complexity index is 1520. The molecule has 320 valence electrons. The maximum Gasteiger partial charge on any atom is 0.315 e. The van der Waals surface area contributed by atoms with Gasteiger partial charge in [0.2, 0.25) is 6.29 Å². The number of ether oxygens (including phenoxy) is 4. The maximum atomic E-state index is 15.0. The lowest BCUT2D eigenvalue weighted by Gasteiger charge is -2.71. The van der Waals surface area contributed by atoms with Gasteiger partial charge in [0.15, 0.2) is 12.4 Å². The number of aliphatic hydroxyl groups excluding tert-OH is 9. The van der Waals surface area contributed by atoms with E-state index in [1.165, 1.54) is 12.5 Å². The molecule has 2 saturated heterocycles. The quantitative estimate of drug-likeness (QED) is 0.136. The van der Waals surface area contributed by atoms with Crippen LogP contribution in [0.1, 0.15) is 106 Å². The molecule has 6 fully saturated rings. The summed E-state index contributed by atoms with van der Waals surface area (Å²) in [5.74, 6) is -0.571. The lowest BCUT2D eigenvalue weighted by molar-refractivity contribution is -0.361. The van der Waals surface area contributed by atoms with Crippen LogP contribution in [0.3, 0.4) is 0 Å². The summed E-state index contributed by atoms with van der Waals surface area (Å²) in [7, 11) is 0. The van der Waals surface area contributed by atoms with Crippen LogP contribution in [-0.2, 0) is 23.7 Å². The van der Waals surface area contributed by atoms with Gasteiger partial charge in [-0.1, -0.05) is 53.2 Å². The van der Waals surface area contributed by atoms with E-state index < -0.39 is 97.0 Å². The molecule has 9 N–H and O–H groups in total. The molecular weight excluding hydrogens is 728 g/mol. The van der Waals surface area contributed by atoms with Crippen molar-refractivity contribution in [3.63, 3.8) is 0 Å². The molecule has 2 aliphatic heterocycles. The number of esters is 1. The highest BCUT2D eigenvalue weighted by Crippen LogP contribution is 2.76. The van der Waals surface area contributed by atoms with Crippen LogP contribution in [0.15, 0.2) is 11.6 Å². The minimum atomic E-state index is -1.75. The predicted octanol–water partition coefficient (Wildman–Crippen LogP) is 1.29. The van der Waals surface area contributed by atoms with Gasteiger partial charge in [-0.15, -0.1) is 0 Å². The van der Waals surface area contributed by atoms with Crippen molar-refractivity contribution in [2.45, 2.75) is 180 Å². The van der Waals surface area contributed by atoms with Crippen LogP contribution < -0.4 is 0 Å². The second kappa shape index (κ2) is 14.4. The minimum Gasteiger partial charge on any atom is -0.432 e. The van der Waals surface area contributed by atoms with E-state index in [0.717, 1.165) is 32.1 Å². The minimum absolute atomic E-state index is 0.0141. The Balaban J connectivity index is 1.21. The first-order chi connectivity index (χ1) is 26.0. The lowest BCUT2D eigenvalue weighted by atomic mass is 9.33. The average molecular weight is 797 g/mol. The molecule has 2 heterocycles. The average Bonchev–Trinajstić information content (AvgIpc) is 3.14. The third kappa shape index (κ3) is 6.13. The van der Waals surface area contributed by atoms with Gasteiger partial charge in [0, 0.05) is 5.41 Å². The second-order valence-electron chi connectivity index (χ2n) is 20.6. The van der Waals surface area contributed by atoms with Crippen LogP contribution in [-0.4, -0.2) is 139 Å². The zero-order valence-electron chi connectivity index (χ0n) is 34.1. The first-order valence-electron chi connectivity index (χ1n) is 20.9. The van der Waals surface area contributed by atoms with Crippen LogP contribution in [0, 0.1) is 50.2 Å². The summed E-state index contributed by atoms with van der Waals surface area (Å²) in [6, 6.07) is 0. The van der Waals surface area contributed by atoms with Gasteiger partial charge in [0.05, 0.1) is 36.9 Å². The normalized spacial score (nSPS) is 55.4. The molecule has 0 amide bonds. The topological polar surface area (TPSA) is 236 Å². The Morgan fingerprint density at radius 1 is 0.786 bits per heavy atom. The van der Waals surface area contributed by atoms with Crippen molar-refractivity contribution in [3.05, 3.63) is 11.6 Å². The third-order valence-corrected chi connectivity index (χ3v) is 17.3. The third-order valence-electron chi connectivity index (χ3n) is 17.3. The highest BCUT2D eigenvalue weighted by Gasteiger charge is 2.71. The van der Waals surface area contributed by atoms with Gasteiger partial charge < -0.3 is 64.9 Å². The van der Waals surface area contributed by atoms with Gasteiger partial charge in [-0.2, -0.15) is 0 Å². The molecule has 5 aliphatic carbocycles. The largest absolute Gasteiger partial charge is 0.432 e. The molecule has 20 atom stereocenters. The number of aliphatic hydroxyl groups is 9. The molecule has 20 unspecified atom stereocenters. The molecule has 7 rings (SSSR count). The van der Waals surface area contributed by atoms with Crippen LogP contribution in [0.5, 0.6) is 0 Å². The molecule has 0 bridgehead atoms. The Hall–Kier alpha value is -1.27. The molecule has 56 heavy (non-hydrogen) atoms. The van der Waals surface area contributed by atoms with Crippen molar-refractivity contribution in [2.75, 3.05) is 13.2 Å². The van der Waals surface area contributed by atoms with Crippen LogP contribution in [0.25, 0.3) is 0 Å². The van der Waals surface area contributed by atoms with Crippen molar-refractivity contribution in [1.82, 2.24) is 0 Å². The summed E-state index contributed by atoms with van der Waals surface area (Å²) >= 11 is 0. The van der Waals surface area contributed by atoms with E-state index in [2.05, 4.69) is 40.7 Å². The predicted molar refractivity (Wildman–Crippen MR) is 199 cm³/mol. The number of hydrogen-bond donors (Lipinski definition) is 9. The fraction of sp³-hybridized carbons (Fsp3) is 0.929. The van der Waals surface area contributed by atoms with Crippen molar-refractivity contribution < 1.29 is 69.7 Å². The van der Waals surface area contributed by atoms with Crippen molar-refractivity contribution in [3.8, 4) is 0 Å². The van der Waals surface area contributed by atoms with Gasteiger partial charge in [0.25, 0.3) is 0 Å². The van der Waals surface area contributed by atoms with E-state index >= 15 is 0 Å². The highest BCUT2D eigenvalue weighted by atomic mass is 16.8. The molecule has 4 saturated carbocycles. The Labute approximate surface area is 330 Å². The summed E-state index contributed by atoms with van der Waals surface area (Å²) in [6.45, 7) is 13.9. The smallest absolute Gasteiger partial charge is 0.315 e. The molecule has 14 nitrogen and oxygen atoms in total. The van der Waals surface area contributed by atoms with Gasteiger partial charge in [-0.3, -0.25) is 4.79 Å². The summed E-state index contributed by atoms with van der Waals surface area (Å²) in [5, 5.41) is 96.6. The lowest BCUT2D eigenvalue weighted by Crippen LogP contribution is -2.68. The number of fused-ring (bicyclic) bond motifs is 7. The zero-order valence-corrected chi connectivity index (χ0v) is 34.1. The van der Waals surface area contributed by atoms with E-state index in [0.29, 0.717) is 25.7 Å². The standard InChI is InChI=1S/C42H68O14/c1-20-27(46)29(48)31(50)34(53-20)55-32-30(49)28(47)24(18-43)54-35(32)56-36(52)42-14-12-37(2,3)16-22(42)21-8-9-26-38(4)17-23(45)33(51)39(5,19-44)25(38)10-11-41(26,7)40(21,6)13-15-42/h8,20,22-35,43-51H,9-19H2,1-7H3. The molecule has 0 radical (unpaired) electrons. The molecule has 0 spiro atoms.